The summed E-state index contributed by atoms with van der Waals surface area (Å²) in [5, 5.41) is 2.18. The van der Waals surface area contributed by atoms with Crippen LogP contribution in [0, 0.1) is 0 Å². The van der Waals surface area contributed by atoms with Gasteiger partial charge in [-0.15, -0.1) is 0 Å². The number of hydrogen-bond acceptors (Lipinski definition) is 6. The van der Waals surface area contributed by atoms with Crippen LogP contribution >= 0.6 is 23.5 Å². The normalized spacial score (nSPS) is 17.6. The molecule has 1 saturated heterocycles. The standard InChI is InChI=1S/C32H38ClF2N3O3S/c1-20(2)40-29-19-23(9-12-28(29)33)32(34,35)30(31(39)38-15-13-24(36)14-16-38)37-42-27-11-8-21-17-26(10-7-22(21)18-27)41-25-5-3-4-6-25/h7-12,17-20,24-25,30,37H,3-6,13-16,36H2,1-2H3. The number of fused-ring (bicyclic) bond motifs is 1. The minimum Gasteiger partial charge on any atom is -0.490 e. The van der Waals surface area contributed by atoms with E-state index in [1.165, 1.54) is 35.9 Å². The lowest BCUT2D eigenvalue weighted by molar-refractivity contribution is -0.145. The zero-order valence-electron chi connectivity index (χ0n) is 24.0. The Hall–Kier alpha value is -2.59. The fourth-order valence-corrected chi connectivity index (χ4v) is 6.45. The van der Waals surface area contributed by atoms with Crippen LogP contribution in [0.3, 0.4) is 0 Å². The lowest BCUT2D eigenvalue weighted by Crippen LogP contribution is -2.55. The maximum absolute atomic E-state index is 16.3. The highest BCUT2D eigenvalue weighted by molar-refractivity contribution is 7.97. The van der Waals surface area contributed by atoms with Gasteiger partial charge in [-0.2, -0.15) is 8.78 Å². The van der Waals surface area contributed by atoms with E-state index in [2.05, 4.69) is 4.72 Å². The Morgan fingerprint density at radius 3 is 2.43 bits per heavy atom. The molecule has 5 rings (SSSR count). The highest BCUT2D eigenvalue weighted by atomic mass is 35.5. The molecule has 6 nitrogen and oxygen atoms in total. The van der Waals surface area contributed by atoms with Crippen molar-refractivity contribution in [2.24, 2.45) is 5.73 Å². The van der Waals surface area contributed by atoms with E-state index in [0.29, 0.717) is 30.8 Å². The monoisotopic (exact) mass is 617 g/mol. The Morgan fingerprint density at radius 2 is 1.71 bits per heavy atom. The summed E-state index contributed by atoms with van der Waals surface area (Å²) in [7, 11) is 0. The van der Waals surface area contributed by atoms with Gasteiger partial charge in [0.25, 0.3) is 5.92 Å². The van der Waals surface area contributed by atoms with Crippen molar-refractivity contribution in [3.8, 4) is 11.5 Å². The number of nitrogens with zero attached hydrogens (tertiary/aromatic N) is 1. The van der Waals surface area contributed by atoms with Gasteiger partial charge in [-0.05, 0) is 111 Å². The van der Waals surface area contributed by atoms with Crippen molar-refractivity contribution in [2.75, 3.05) is 13.1 Å². The van der Waals surface area contributed by atoms with Gasteiger partial charge in [0.15, 0.2) is 6.04 Å². The Balaban J connectivity index is 1.37. The third kappa shape index (κ3) is 7.30. The maximum Gasteiger partial charge on any atom is 0.298 e. The van der Waals surface area contributed by atoms with Crippen LogP contribution in [0.25, 0.3) is 10.8 Å². The largest absolute Gasteiger partial charge is 0.490 e. The van der Waals surface area contributed by atoms with Gasteiger partial charge in [0.1, 0.15) is 11.5 Å². The fraction of sp³-hybridized carbons (Fsp3) is 0.469. The predicted octanol–water partition coefficient (Wildman–Crippen LogP) is 7.31. The summed E-state index contributed by atoms with van der Waals surface area (Å²) in [6.45, 7) is 4.25. The van der Waals surface area contributed by atoms with Crippen molar-refractivity contribution < 1.29 is 23.0 Å². The van der Waals surface area contributed by atoms with Crippen molar-refractivity contribution >= 4 is 40.2 Å². The molecule has 226 valence electrons. The molecule has 1 aliphatic carbocycles. The van der Waals surface area contributed by atoms with E-state index in [1.807, 2.05) is 36.4 Å². The smallest absolute Gasteiger partial charge is 0.298 e. The van der Waals surface area contributed by atoms with Crippen molar-refractivity contribution in [2.45, 2.75) is 87.5 Å². The average Bonchev–Trinajstić information content (AvgIpc) is 3.47. The molecule has 0 radical (unpaired) electrons. The molecule has 1 unspecified atom stereocenters. The second-order valence-corrected chi connectivity index (χ2v) is 12.8. The van der Waals surface area contributed by atoms with Crippen LogP contribution in [0.1, 0.15) is 57.9 Å². The Labute approximate surface area is 255 Å². The maximum atomic E-state index is 16.3. The minimum absolute atomic E-state index is 0.0379. The third-order valence-corrected chi connectivity index (χ3v) is 8.98. The first-order valence-electron chi connectivity index (χ1n) is 14.6. The van der Waals surface area contributed by atoms with Crippen LogP contribution in [0.5, 0.6) is 11.5 Å². The summed E-state index contributed by atoms with van der Waals surface area (Å²) in [5.74, 6) is -3.25. The first-order chi connectivity index (χ1) is 20.1. The molecule has 1 saturated carbocycles. The second kappa shape index (κ2) is 13.4. The summed E-state index contributed by atoms with van der Waals surface area (Å²) < 4.78 is 47.1. The van der Waals surface area contributed by atoms with Crippen molar-refractivity contribution in [3.05, 3.63) is 65.2 Å². The van der Waals surface area contributed by atoms with Crippen molar-refractivity contribution in [3.63, 3.8) is 0 Å². The number of piperidine rings is 1. The predicted molar refractivity (Wildman–Crippen MR) is 165 cm³/mol. The van der Waals surface area contributed by atoms with Crippen LogP contribution < -0.4 is 19.9 Å². The molecule has 1 amide bonds. The number of alkyl halides is 2. The molecule has 3 aromatic rings. The molecule has 1 atom stereocenters. The van der Waals surface area contributed by atoms with E-state index in [-0.39, 0.29) is 34.6 Å². The SMILES string of the molecule is CC(C)Oc1cc(C(F)(F)C(NSc2ccc3cc(OC4CCCC4)ccc3c2)C(=O)N2CCC(N)CC2)ccc1Cl. The molecule has 1 heterocycles. The van der Waals surface area contributed by atoms with E-state index >= 15 is 8.78 Å². The van der Waals surface area contributed by atoms with Gasteiger partial charge in [-0.25, -0.2) is 4.72 Å². The van der Waals surface area contributed by atoms with Crippen LogP contribution in [-0.2, 0) is 10.7 Å². The molecule has 1 aliphatic heterocycles. The van der Waals surface area contributed by atoms with E-state index in [1.54, 1.807) is 13.8 Å². The molecule has 2 fully saturated rings. The molecule has 3 aromatic carbocycles. The summed E-state index contributed by atoms with van der Waals surface area (Å²) in [4.78, 5) is 15.8. The number of carbonyl (C=O) groups is 1. The molecule has 2 aliphatic rings. The summed E-state index contributed by atoms with van der Waals surface area (Å²) in [5.41, 5.74) is 5.66. The van der Waals surface area contributed by atoms with Crippen LogP contribution in [0.15, 0.2) is 59.5 Å². The number of carbonyl (C=O) groups excluding carboxylic acids is 1. The number of rotatable bonds is 10. The van der Waals surface area contributed by atoms with Crippen molar-refractivity contribution in [1.82, 2.24) is 9.62 Å². The average molecular weight is 618 g/mol. The zero-order chi connectivity index (χ0) is 29.9. The number of amides is 1. The first-order valence-corrected chi connectivity index (χ1v) is 15.8. The number of hydrogen-bond donors (Lipinski definition) is 2. The van der Waals surface area contributed by atoms with Gasteiger partial charge < -0.3 is 20.1 Å². The number of halogens is 3. The van der Waals surface area contributed by atoms with Gasteiger partial charge in [-0.1, -0.05) is 29.8 Å². The number of ether oxygens (including phenoxy) is 2. The van der Waals surface area contributed by atoms with Gasteiger partial charge in [0.2, 0.25) is 5.91 Å². The molecule has 0 aromatic heterocycles. The van der Waals surface area contributed by atoms with Gasteiger partial charge in [0.05, 0.1) is 17.2 Å². The molecule has 0 spiro atoms. The lowest BCUT2D eigenvalue weighted by atomic mass is 9.98. The van der Waals surface area contributed by atoms with Gasteiger partial charge >= 0.3 is 0 Å². The number of likely N-dealkylation sites (tertiary alicyclic amines) is 1. The molecule has 3 N–H and O–H groups in total. The molecule has 0 bridgehead atoms. The van der Waals surface area contributed by atoms with Crippen LogP contribution in [-0.4, -0.2) is 48.2 Å². The Bertz CT molecular complexity index is 1390. The summed E-state index contributed by atoms with van der Waals surface area (Å²) >= 11 is 7.24. The quantitative estimate of drug-likeness (QED) is 0.232. The Kier molecular flexibility index (Phi) is 9.82. The van der Waals surface area contributed by atoms with Crippen LogP contribution in [0.4, 0.5) is 8.78 Å². The van der Waals surface area contributed by atoms with E-state index in [9.17, 15) is 4.79 Å². The lowest BCUT2D eigenvalue weighted by Gasteiger charge is -2.35. The highest BCUT2D eigenvalue weighted by Crippen LogP contribution is 2.39. The van der Waals surface area contributed by atoms with E-state index in [4.69, 9.17) is 26.8 Å². The third-order valence-electron chi connectivity index (χ3n) is 7.82. The number of benzene rings is 3. The zero-order valence-corrected chi connectivity index (χ0v) is 25.5. The van der Waals surface area contributed by atoms with Gasteiger partial charge in [0, 0.05) is 29.6 Å². The first kappa shape index (κ1) is 30.9. The minimum atomic E-state index is -3.56. The molecule has 10 heteroatoms. The molecular weight excluding hydrogens is 580 g/mol. The molecule has 42 heavy (non-hydrogen) atoms. The van der Waals surface area contributed by atoms with Crippen LogP contribution in [0.2, 0.25) is 5.02 Å². The van der Waals surface area contributed by atoms with E-state index in [0.717, 1.165) is 41.3 Å². The number of nitrogens with one attached hydrogen (secondary N) is 1. The summed E-state index contributed by atoms with van der Waals surface area (Å²) in [6, 6.07) is 13.6. The Morgan fingerprint density at radius 1 is 1.02 bits per heavy atom. The highest BCUT2D eigenvalue weighted by Gasteiger charge is 2.48. The number of nitrogens with two attached hydrogens (primary N) is 1. The van der Waals surface area contributed by atoms with Crippen molar-refractivity contribution in [1.29, 1.82) is 0 Å². The summed E-state index contributed by atoms with van der Waals surface area (Å²) in [6.07, 6.45) is 5.71. The van der Waals surface area contributed by atoms with E-state index < -0.39 is 17.9 Å². The topological polar surface area (TPSA) is 76.8 Å². The molecular formula is C32H38ClF2N3O3S. The fourth-order valence-electron chi connectivity index (χ4n) is 5.47. The second-order valence-electron chi connectivity index (χ2n) is 11.4. The van der Waals surface area contributed by atoms with Gasteiger partial charge in [-0.3, -0.25) is 4.79 Å².